The van der Waals surface area contributed by atoms with Gasteiger partial charge >= 0.3 is 12.1 Å². The number of ether oxygens (including phenoxy) is 2. The molecule has 0 aliphatic carbocycles. The van der Waals surface area contributed by atoms with Gasteiger partial charge in [0.25, 0.3) is 5.91 Å². The second kappa shape index (κ2) is 12.2. The summed E-state index contributed by atoms with van der Waals surface area (Å²) < 4.78 is 27.6. The van der Waals surface area contributed by atoms with Gasteiger partial charge in [0, 0.05) is 17.4 Å². The van der Waals surface area contributed by atoms with E-state index in [1.165, 1.54) is 10.6 Å². The molecule has 2 N–H and O–H groups in total. The molecule has 0 bridgehead atoms. The van der Waals surface area contributed by atoms with E-state index >= 15 is 4.39 Å². The summed E-state index contributed by atoms with van der Waals surface area (Å²) in [5, 5.41) is 9.87. The van der Waals surface area contributed by atoms with Gasteiger partial charge in [-0.05, 0) is 64.4 Å². The van der Waals surface area contributed by atoms with E-state index in [4.69, 9.17) is 9.47 Å². The summed E-state index contributed by atoms with van der Waals surface area (Å²) in [7, 11) is 0. The smallest absolute Gasteiger partial charge is 0.408 e. The molecular formula is C30H32FN5O5. The molecule has 0 radical (unpaired) electrons. The Bertz CT molecular complexity index is 1590. The minimum atomic E-state index is -0.723. The van der Waals surface area contributed by atoms with Crippen LogP contribution >= 0.6 is 0 Å². The van der Waals surface area contributed by atoms with Gasteiger partial charge in [0.15, 0.2) is 11.5 Å². The highest BCUT2D eigenvalue weighted by molar-refractivity contribution is 6.08. The van der Waals surface area contributed by atoms with Crippen LogP contribution in [0.5, 0.6) is 0 Å². The molecular weight excluding hydrogens is 529 g/mol. The maximum Gasteiger partial charge on any atom is 0.408 e. The number of nitrogens with one attached hydrogen (secondary N) is 2. The molecule has 0 fully saturated rings. The van der Waals surface area contributed by atoms with E-state index in [1.54, 1.807) is 89.3 Å². The van der Waals surface area contributed by atoms with Crippen LogP contribution in [0, 0.1) is 5.82 Å². The van der Waals surface area contributed by atoms with Crippen molar-refractivity contribution in [3.63, 3.8) is 0 Å². The highest BCUT2D eigenvalue weighted by Crippen LogP contribution is 2.27. The second-order valence-electron chi connectivity index (χ2n) is 10.3. The summed E-state index contributed by atoms with van der Waals surface area (Å²) in [5.41, 5.74) is 0.953. The molecule has 1 atom stereocenters. The zero-order valence-electron chi connectivity index (χ0n) is 23.5. The van der Waals surface area contributed by atoms with Crippen LogP contribution in [0.4, 0.5) is 14.9 Å². The molecule has 0 unspecified atom stereocenters. The van der Waals surface area contributed by atoms with Gasteiger partial charge < -0.3 is 20.1 Å². The largest absolute Gasteiger partial charge is 0.466 e. The number of nitrogens with zero attached hydrogens (tertiary/aromatic N) is 3. The van der Waals surface area contributed by atoms with Crippen LogP contribution in [-0.4, -0.2) is 44.8 Å². The van der Waals surface area contributed by atoms with Crippen LogP contribution in [0.2, 0.25) is 0 Å². The van der Waals surface area contributed by atoms with Crippen LogP contribution < -0.4 is 10.6 Å². The van der Waals surface area contributed by atoms with E-state index in [0.29, 0.717) is 16.8 Å². The average Bonchev–Trinajstić information content (AvgIpc) is 3.37. The number of carbonyl (C=O) groups excluding carboxylic acids is 3. The fourth-order valence-electron chi connectivity index (χ4n) is 4.18. The van der Waals surface area contributed by atoms with Crippen molar-refractivity contribution >= 4 is 29.2 Å². The Hall–Kier alpha value is -4.80. The molecule has 2 aromatic carbocycles. The summed E-state index contributed by atoms with van der Waals surface area (Å²) >= 11 is 0. The number of alkyl carbamates (subject to hydrolysis) is 1. The fourth-order valence-corrected chi connectivity index (χ4v) is 4.18. The quantitative estimate of drug-likeness (QED) is 0.273. The van der Waals surface area contributed by atoms with Crippen LogP contribution in [0.25, 0.3) is 16.9 Å². The van der Waals surface area contributed by atoms with Gasteiger partial charge in [0.1, 0.15) is 11.4 Å². The number of amides is 2. The van der Waals surface area contributed by atoms with E-state index in [0.717, 1.165) is 0 Å². The molecule has 0 aliphatic heterocycles. The van der Waals surface area contributed by atoms with Crippen LogP contribution in [-0.2, 0) is 20.7 Å². The minimum absolute atomic E-state index is 0.00988. The Balaban J connectivity index is 1.66. The maximum absolute atomic E-state index is 15.8. The van der Waals surface area contributed by atoms with E-state index < -0.39 is 35.4 Å². The van der Waals surface area contributed by atoms with Gasteiger partial charge in [-0.15, -0.1) is 5.10 Å². The van der Waals surface area contributed by atoms with Crippen molar-refractivity contribution in [1.82, 2.24) is 19.9 Å². The van der Waals surface area contributed by atoms with Crippen molar-refractivity contribution in [3.05, 3.63) is 83.4 Å². The topological polar surface area (TPSA) is 124 Å². The van der Waals surface area contributed by atoms with Gasteiger partial charge in [-0.3, -0.25) is 9.59 Å². The van der Waals surface area contributed by atoms with Gasteiger partial charge in [-0.25, -0.2) is 18.7 Å². The number of anilines is 1. The zero-order valence-corrected chi connectivity index (χ0v) is 23.5. The highest BCUT2D eigenvalue weighted by atomic mass is 19.1. The fraction of sp³-hybridized carbons (Fsp3) is 0.300. The van der Waals surface area contributed by atoms with Gasteiger partial charge in [0.05, 0.1) is 30.1 Å². The predicted octanol–water partition coefficient (Wildman–Crippen LogP) is 5.48. The number of aromatic nitrogens is 3. The summed E-state index contributed by atoms with van der Waals surface area (Å²) in [6.45, 7) is 8.81. The van der Waals surface area contributed by atoms with Crippen molar-refractivity contribution in [2.24, 2.45) is 0 Å². The monoisotopic (exact) mass is 561 g/mol. The van der Waals surface area contributed by atoms with E-state index in [2.05, 4.69) is 20.7 Å². The van der Waals surface area contributed by atoms with Crippen molar-refractivity contribution < 1.29 is 28.2 Å². The molecule has 0 aliphatic rings. The molecule has 2 aromatic heterocycles. The minimum Gasteiger partial charge on any atom is -0.466 e. The lowest BCUT2D eigenvalue weighted by molar-refractivity contribution is -0.142. The SMILES string of the molecule is CCOC(=O)Cc1ccccc1NC(=O)c1nc(-c2cccc([C@H](C)NC(=O)OC(C)(C)C)c2F)nn2cccc12. The zero-order chi connectivity index (χ0) is 29.7. The summed E-state index contributed by atoms with van der Waals surface area (Å²) in [6, 6.07) is 14.2. The van der Waals surface area contributed by atoms with E-state index in [1.807, 2.05) is 0 Å². The molecule has 41 heavy (non-hydrogen) atoms. The van der Waals surface area contributed by atoms with Crippen molar-refractivity contribution in [2.45, 2.75) is 52.7 Å². The Morgan fingerprint density at radius 3 is 2.54 bits per heavy atom. The Labute approximate surface area is 236 Å². The first-order valence-electron chi connectivity index (χ1n) is 13.2. The number of fused-ring (bicyclic) bond motifs is 1. The highest BCUT2D eigenvalue weighted by Gasteiger charge is 2.24. The molecule has 10 nitrogen and oxygen atoms in total. The number of halogens is 1. The van der Waals surface area contributed by atoms with Crippen LogP contribution in [0.1, 0.15) is 62.3 Å². The van der Waals surface area contributed by atoms with Gasteiger partial charge in [0.2, 0.25) is 0 Å². The van der Waals surface area contributed by atoms with Crippen molar-refractivity contribution in [2.75, 3.05) is 11.9 Å². The van der Waals surface area contributed by atoms with E-state index in [9.17, 15) is 14.4 Å². The number of hydrogen-bond donors (Lipinski definition) is 2. The maximum atomic E-state index is 15.8. The lowest BCUT2D eigenvalue weighted by Gasteiger charge is -2.22. The number of esters is 1. The first-order chi connectivity index (χ1) is 19.5. The molecule has 0 spiro atoms. The number of benzene rings is 2. The third kappa shape index (κ3) is 7.05. The molecule has 2 heterocycles. The molecule has 214 valence electrons. The van der Waals surface area contributed by atoms with Crippen molar-refractivity contribution in [3.8, 4) is 11.4 Å². The number of hydrogen-bond acceptors (Lipinski definition) is 7. The number of rotatable bonds is 8. The summed E-state index contributed by atoms with van der Waals surface area (Å²) in [5.74, 6) is -1.65. The second-order valence-corrected chi connectivity index (χ2v) is 10.3. The molecule has 4 aromatic rings. The van der Waals surface area contributed by atoms with Gasteiger partial charge in [-0.1, -0.05) is 30.3 Å². The molecule has 0 saturated heterocycles. The number of para-hydroxylation sites is 1. The molecule has 4 rings (SSSR count). The Morgan fingerprint density at radius 2 is 1.80 bits per heavy atom. The average molecular weight is 562 g/mol. The summed E-state index contributed by atoms with van der Waals surface area (Å²) in [4.78, 5) is 42.2. The number of carbonyl (C=O) groups is 3. The third-order valence-electron chi connectivity index (χ3n) is 5.98. The Kier molecular flexibility index (Phi) is 8.65. The van der Waals surface area contributed by atoms with Gasteiger partial charge in [-0.2, -0.15) is 0 Å². The first-order valence-corrected chi connectivity index (χ1v) is 13.2. The lowest BCUT2D eigenvalue weighted by atomic mass is 10.0. The summed E-state index contributed by atoms with van der Waals surface area (Å²) in [6.07, 6.45) is 0.926. The predicted molar refractivity (Wildman–Crippen MR) is 151 cm³/mol. The standard InChI is InChI=1S/C30H32FN5O5/c1-6-40-24(37)17-19-11-7-8-14-22(19)33-28(38)26-23-15-10-16-36(23)35-27(34-26)21-13-9-12-20(25(21)31)18(2)32-29(39)41-30(3,4)5/h7-16,18H,6,17H2,1-5H3,(H,32,39)(H,33,38)/t18-/m0/s1. The molecule has 2 amide bonds. The first kappa shape index (κ1) is 29.2. The van der Waals surface area contributed by atoms with E-state index in [-0.39, 0.29) is 35.7 Å². The molecule has 11 heteroatoms. The van der Waals surface area contributed by atoms with Crippen LogP contribution in [0.3, 0.4) is 0 Å². The van der Waals surface area contributed by atoms with Crippen molar-refractivity contribution in [1.29, 1.82) is 0 Å². The Morgan fingerprint density at radius 1 is 1.05 bits per heavy atom. The van der Waals surface area contributed by atoms with Crippen LogP contribution in [0.15, 0.2) is 60.8 Å². The third-order valence-corrected chi connectivity index (χ3v) is 5.98. The molecule has 0 saturated carbocycles. The lowest BCUT2D eigenvalue weighted by Crippen LogP contribution is -2.34. The normalized spacial score (nSPS) is 12.0.